The molecule has 0 spiro atoms. The van der Waals surface area contributed by atoms with E-state index in [2.05, 4.69) is 15.0 Å². The highest BCUT2D eigenvalue weighted by Crippen LogP contribution is 2.39. The van der Waals surface area contributed by atoms with Crippen molar-refractivity contribution in [3.05, 3.63) is 60.0 Å². The van der Waals surface area contributed by atoms with Crippen LogP contribution in [0, 0.1) is 0 Å². The fraction of sp³-hybridized carbons (Fsp3) is 0.211. The highest BCUT2D eigenvalue weighted by atomic mass is 32.2. The van der Waals surface area contributed by atoms with Crippen molar-refractivity contribution >= 4 is 23.3 Å². The summed E-state index contributed by atoms with van der Waals surface area (Å²) >= 11 is 1.31. The van der Waals surface area contributed by atoms with Gasteiger partial charge in [-0.3, -0.25) is 4.72 Å². The number of aromatic nitrogens is 2. The summed E-state index contributed by atoms with van der Waals surface area (Å²) in [6.45, 7) is 0. The summed E-state index contributed by atoms with van der Waals surface area (Å²) in [6, 6.07) is 6.40. The lowest BCUT2D eigenvalue weighted by Crippen LogP contribution is -2.11. The molecule has 0 aliphatic rings. The number of anilines is 2. The van der Waals surface area contributed by atoms with Crippen LogP contribution in [0.15, 0.2) is 53.8 Å². The van der Waals surface area contributed by atoms with E-state index in [1.54, 1.807) is 49.4 Å². The predicted octanol–water partition coefficient (Wildman–Crippen LogP) is 6.09. The second kappa shape index (κ2) is 8.23. The van der Waals surface area contributed by atoms with E-state index in [4.69, 9.17) is 0 Å². The van der Waals surface area contributed by atoms with Gasteiger partial charge in [0, 0.05) is 35.1 Å². The van der Waals surface area contributed by atoms with Crippen LogP contribution in [0.4, 0.5) is 37.7 Å². The standard InChI is InChI=1S/C19H16F6N4S/c1-26-30-14-3-4-16(15(8-14)17-9-29(2)10-27-17)28-13-6-11(18(20,21)22)5-12(7-13)19(23,24)25/h3-10,26,28H,1-2H3. The Kier molecular flexibility index (Phi) is 6.04. The molecule has 1 heterocycles. The molecule has 0 aliphatic heterocycles. The molecule has 0 bridgehead atoms. The minimum Gasteiger partial charge on any atom is -0.355 e. The minimum absolute atomic E-state index is 0.0947. The molecule has 0 fully saturated rings. The van der Waals surface area contributed by atoms with Gasteiger partial charge in [0.05, 0.1) is 23.1 Å². The highest BCUT2D eigenvalue weighted by molar-refractivity contribution is 7.97. The predicted molar refractivity (Wildman–Crippen MR) is 103 cm³/mol. The van der Waals surface area contributed by atoms with Gasteiger partial charge >= 0.3 is 12.4 Å². The maximum absolute atomic E-state index is 13.1. The zero-order valence-corrected chi connectivity index (χ0v) is 16.5. The van der Waals surface area contributed by atoms with E-state index in [0.717, 1.165) is 4.90 Å². The Morgan fingerprint density at radius 2 is 1.57 bits per heavy atom. The number of nitrogens with one attached hydrogen (secondary N) is 2. The van der Waals surface area contributed by atoms with Crippen LogP contribution >= 0.6 is 11.9 Å². The van der Waals surface area contributed by atoms with E-state index >= 15 is 0 Å². The molecule has 0 radical (unpaired) electrons. The van der Waals surface area contributed by atoms with Gasteiger partial charge in [0.2, 0.25) is 0 Å². The van der Waals surface area contributed by atoms with Gasteiger partial charge < -0.3 is 9.88 Å². The molecular weight excluding hydrogens is 430 g/mol. The second-order valence-corrected chi connectivity index (χ2v) is 7.44. The van der Waals surface area contributed by atoms with Gasteiger partial charge in [-0.15, -0.1) is 0 Å². The minimum atomic E-state index is -4.92. The van der Waals surface area contributed by atoms with Crippen molar-refractivity contribution in [2.45, 2.75) is 17.2 Å². The Morgan fingerprint density at radius 3 is 2.07 bits per heavy atom. The van der Waals surface area contributed by atoms with Gasteiger partial charge in [0.15, 0.2) is 0 Å². The van der Waals surface area contributed by atoms with Crippen molar-refractivity contribution in [1.29, 1.82) is 0 Å². The zero-order valence-electron chi connectivity index (χ0n) is 15.7. The molecule has 4 nitrogen and oxygen atoms in total. The van der Waals surface area contributed by atoms with E-state index in [-0.39, 0.29) is 11.8 Å². The lowest BCUT2D eigenvalue weighted by atomic mass is 10.1. The van der Waals surface area contributed by atoms with Gasteiger partial charge in [-0.05, 0) is 55.4 Å². The van der Waals surface area contributed by atoms with E-state index < -0.39 is 23.5 Å². The molecular formula is C19H16F6N4S. The van der Waals surface area contributed by atoms with Crippen molar-refractivity contribution in [3.63, 3.8) is 0 Å². The number of halogens is 6. The number of nitrogens with zero attached hydrogens (tertiary/aromatic N) is 2. The van der Waals surface area contributed by atoms with Crippen LogP contribution in [0.5, 0.6) is 0 Å². The molecule has 0 aliphatic carbocycles. The SMILES string of the molecule is CNSc1ccc(Nc2cc(C(F)(F)F)cc(C(F)(F)F)c2)c(-c2cn(C)cn2)c1. The number of benzene rings is 2. The molecule has 30 heavy (non-hydrogen) atoms. The summed E-state index contributed by atoms with van der Waals surface area (Å²) in [6.07, 6.45) is -6.60. The van der Waals surface area contributed by atoms with Crippen LogP contribution < -0.4 is 10.0 Å². The average Bonchev–Trinajstić information content (AvgIpc) is 3.08. The third-order valence-electron chi connectivity index (χ3n) is 4.06. The number of rotatable bonds is 5. The molecule has 0 atom stereocenters. The first-order valence-corrected chi connectivity index (χ1v) is 9.31. The molecule has 0 amide bonds. The third-order valence-corrected chi connectivity index (χ3v) is 4.75. The van der Waals surface area contributed by atoms with Gasteiger partial charge in [0.1, 0.15) is 0 Å². The van der Waals surface area contributed by atoms with Crippen molar-refractivity contribution in [2.75, 3.05) is 12.4 Å². The Labute approximate surface area is 172 Å². The first kappa shape index (κ1) is 22.0. The molecule has 160 valence electrons. The Bertz CT molecular complexity index is 1010. The lowest BCUT2D eigenvalue weighted by Gasteiger charge is -2.17. The number of imidazole rings is 1. The molecule has 2 aromatic carbocycles. The van der Waals surface area contributed by atoms with Gasteiger partial charge in [-0.1, -0.05) is 0 Å². The fourth-order valence-corrected chi connectivity index (χ4v) is 3.31. The monoisotopic (exact) mass is 446 g/mol. The smallest absolute Gasteiger partial charge is 0.355 e. The van der Waals surface area contributed by atoms with Crippen LogP contribution in [0.25, 0.3) is 11.3 Å². The first-order chi connectivity index (χ1) is 14.0. The number of alkyl halides is 6. The topological polar surface area (TPSA) is 41.9 Å². The quantitative estimate of drug-likeness (QED) is 0.367. The van der Waals surface area contributed by atoms with Crippen molar-refractivity contribution < 1.29 is 26.3 Å². The highest BCUT2D eigenvalue weighted by Gasteiger charge is 2.37. The van der Waals surface area contributed by atoms with Crippen LogP contribution in [0.3, 0.4) is 0 Å². The first-order valence-electron chi connectivity index (χ1n) is 8.50. The third kappa shape index (κ3) is 5.08. The Hall–Kier alpha value is -2.66. The molecule has 3 aromatic rings. The van der Waals surface area contributed by atoms with Crippen LogP contribution in [0.2, 0.25) is 0 Å². The van der Waals surface area contributed by atoms with E-state index in [9.17, 15) is 26.3 Å². The van der Waals surface area contributed by atoms with Gasteiger partial charge in [0.25, 0.3) is 0 Å². The van der Waals surface area contributed by atoms with Crippen LogP contribution in [-0.4, -0.2) is 16.6 Å². The molecule has 2 N–H and O–H groups in total. The van der Waals surface area contributed by atoms with Crippen LogP contribution in [0.1, 0.15) is 11.1 Å². The second-order valence-electron chi connectivity index (χ2n) is 6.36. The van der Waals surface area contributed by atoms with Crippen molar-refractivity contribution in [1.82, 2.24) is 14.3 Å². The number of hydrogen-bond acceptors (Lipinski definition) is 4. The van der Waals surface area contributed by atoms with Crippen molar-refractivity contribution in [2.24, 2.45) is 7.05 Å². The maximum Gasteiger partial charge on any atom is 0.416 e. The largest absolute Gasteiger partial charge is 0.416 e. The number of hydrogen-bond donors (Lipinski definition) is 2. The molecule has 11 heteroatoms. The number of aryl methyl sites for hydroxylation is 1. The van der Waals surface area contributed by atoms with E-state index in [1.807, 2.05) is 0 Å². The molecule has 3 rings (SSSR count). The Morgan fingerprint density at radius 1 is 0.933 bits per heavy atom. The molecule has 0 saturated carbocycles. The lowest BCUT2D eigenvalue weighted by molar-refractivity contribution is -0.143. The average molecular weight is 446 g/mol. The summed E-state index contributed by atoms with van der Waals surface area (Å²) in [5.74, 6) is 0. The fourth-order valence-electron chi connectivity index (χ4n) is 2.76. The van der Waals surface area contributed by atoms with E-state index in [1.165, 1.54) is 11.9 Å². The van der Waals surface area contributed by atoms with Crippen LogP contribution in [-0.2, 0) is 19.4 Å². The maximum atomic E-state index is 13.1. The summed E-state index contributed by atoms with van der Waals surface area (Å²) < 4.78 is 83.4. The van der Waals surface area contributed by atoms with Crippen molar-refractivity contribution in [3.8, 4) is 11.3 Å². The van der Waals surface area contributed by atoms with Gasteiger partial charge in [-0.25, -0.2) is 4.98 Å². The summed E-state index contributed by atoms with van der Waals surface area (Å²) in [4.78, 5) is 5.03. The Balaban J connectivity index is 2.09. The molecule has 1 aromatic heterocycles. The molecule has 0 saturated heterocycles. The van der Waals surface area contributed by atoms with Gasteiger partial charge in [-0.2, -0.15) is 26.3 Å². The normalized spacial score (nSPS) is 12.3. The summed E-state index contributed by atoms with van der Waals surface area (Å²) in [5.41, 5.74) is -1.74. The zero-order chi connectivity index (χ0) is 22.1. The molecule has 0 unspecified atom stereocenters. The summed E-state index contributed by atoms with van der Waals surface area (Å²) in [7, 11) is 3.47. The summed E-state index contributed by atoms with van der Waals surface area (Å²) in [5, 5.41) is 2.70. The van der Waals surface area contributed by atoms with E-state index in [0.29, 0.717) is 29.1 Å².